The van der Waals surface area contributed by atoms with E-state index in [1.165, 1.54) is 46.5 Å². The normalized spacial score (nSPS) is 18.6. The van der Waals surface area contributed by atoms with E-state index < -0.39 is 15.8 Å². The molecule has 0 aliphatic carbocycles. The van der Waals surface area contributed by atoms with Crippen LogP contribution in [0.2, 0.25) is 0 Å². The molecule has 27 heavy (non-hydrogen) atoms. The second-order valence-electron chi connectivity index (χ2n) is 6.35. The Morgan fingerprint density at radius 1 is 1.30 bits per heavy atom. The van der Waals surface area contributed by atoms with Gasteiger partial charge in [-0.1, -0.05) is 0 Å². The average molecular weight is 390 g/mol. The number of hydrogen-bond donors (Lipinski definition) is 0. The highest BCUT2D eigenvalue weighted by atomic mass is 32.2. The Bertz CT molecular complexity index is 1120. The summed E-state index contributed by atoms with van der Waals surface area (Å²) in [6.45, 7) is 0.631. The van der Waals surface area contributed by atoms with Crippen LogP contribution in [0, 0.1) is 0 Å². The van der Waals surface area contributed by atoms with Gasteiger partial charge in [0.15, 0.2) is 5.58 Å². The summed E-state index contributed by atoms with van der Waals surface area (Å²) >= 11 is 0. The van der Waals surface area contributed by atoms with Crippen molar-refractivity contribution in [3.05, 3.63) is 47.3 Å². The average Bonchev–Trinajstić information content (AvgIpc) is 2.96. The molecule has 0 unspecified atom stereocenters. The number of fused-ring (bicyclic) bond motifs is 1. The van der Waals surface area contributed by atoms with E-state index >= 15 is 0 Å². The summed E-state index contributed by atoms with van der Waals surface area (Å²) in [5.74, 6) is -0.161. The SMILES string of the molecule is Cn1c(=O)oc2ccc(S(=O)(=O)N3CCC[C@H](Oc4cnccn4)C3)cc21. The molecular formula is C17H18N4O5S. The predicted octanol–water partition coefficient (Wildman–Crippen LogP) is 1.15. The third-order valence-electron chi connectivity index (χ3n) is 4.57. The minimum absolute atomic E-state index is 0.117. The van der Waals surface area contributed by atoms with Crippen molar-refractivity contribution < 1.29 is 17.6 Å². The third kappa shape index (κ3) is 3.33. The van der Waals surface area contributed by atoms with Gasteiger partial charge in [0.05, 0.1) is 23.2 Å². The van der Waals surface area contributed by atoms with E-state index in [2.05, 4.69) is 9.97 Å². The number of ether oxygens (including phenoxy) is 1. The number of aryl methyl sites for hydroxylation is 1. The van der Waals surface area contributed by atoms with Gasteiger partial charge >= 0.3 is 5.76 Å². The zero-order valence-corrected chi connectivity index (χ0v) is 15.4. The van der Waals surface area contributed by atoms with Gasteiger partial charge in [0.1, 0.15) is 6.10 Å². The highest BCUT2D eigenvalue weighted by Gasteiger charge is 2.32. The van der Waals surface area contributed by atoms with Crippen LogP contribution in [0.4, 0.5) is 0 Å². The Morgan fingerprint density at radius 3 is 2.93 bits per heavy atom. The minimum Gasteiger partial charge on any atom is -0.472 e. The summed E-state index contributed by atoms with van der Waals surface area (Å²) in [6.07, 6.45) is 5.68. The van der Waals surface area contributed by atoms with Crippen molar-refractivity contribution in [2.75, 3.05) is 13.1 Å². The fraction of sp³-hybridized carbons (Fsp3) is 0.353. The molecule has 1 aliphatic heterocycles. The van der Waals surface area contributed by atoms with Gasteiger partial charge in [0, 0.05) is 26.0 Å². The summed E-state index contributed by atoms with van der Waals surface area (Å²) in [4.78, 5) is 19.8. The fourth-order valence-corrected chi connectivity index (χ4v) is 4.68. The van der Waals surface area contributed by atoms with Crippen molar-refractivity contribution in [1.82, 2.24) is 18.8 Å². The van der Waals surface area contributed by atoms with Crippen LogP contribution >= 0.6 is 0 Å². The maximum absolute atomic E-state index is 13.1. The van der Waals surface area contributed by atoms with Gasteiger partial charge in [-0.2, -0.15) is 4.31 Å². The first-order valence-corrected chi connectivity index (χ1v) is 9.91. The summed E-state index contributed by atoms with van der Waals surface area (Å²) in [5, 5.41) is 0. The lowest BCUT2D eigenvalue weighted by Gasteiger charge is -2.31. The molecule has 3 aromatic rings. The lowest BCUT2D eigenvalue weighted by molar-refractivity contribution is 0.124. The molecule has 1 aromatic carbocycles. The summed E-state index contributed by atoms with van der Waals surface area (Å²) in [5.41, 5.74) is 0.786. The second kappa shape index (κ2) is 6.78. The van der Waals surface area contributed by atoms with Gasteiger partial charge in [0.25, 0.3) is 0 Å². The van der Waals surface area contributed by atoms with E-state index in [1.807, 2.05) is 0 Å². The molecule has 4 rings (SSSR count). The van der Waals surface area contributed by atoms with Crippen molar-refractivity contribution >= 4 is 21.1 Å². The Labute approximate surface area is 155 Å². The summed E-state index contributed by atoms with van der Waals surface area (Å²) in [6, 6.07) is 4.41. The maximum atomic E-state index is 13.1. The van der Waals surface area contributed by atoms with Crippen LogP contribution in [0.5, 0.6) is 5.88 Å². The maximum Gasteiger partial charge on any atom is 0.419 e. The summed E-state index contributed by atoms with van der Waals surface area (Å²) in [7, 11) is -2.19. The Hall–Kier alpha value is -2.72. The smallest absolute Gasteiger partial charge is 0.419 e. The van der Waals surface area contributed by atoms with E-state index in [0.717, 1.165) is 6.42 Å². The zero-order valence-electron chi connectivity index (χ0n) is 14.6. The Balaban J connectivity index is 1.59. The van der Waals surface area contributed by atoms with Crippen LogP contribution in [0.15, 0.2) is 50.9 Å². The Kier molecular flexibility index (Phi) is 4.44. The monoisotopic (exact) mass is 390 g/mol. The molecule has 0 bridgehead atoms. The number of piperidine rings is 1. The van der Waals surface area contributed by atoms with Crippen LogP contribution in [-0.4, -0.2) is 46.5 Å². The second-order valence-corrected chi connectivity index (χ2v) is 8.28. The van der Waals surface area contributed by atoms with Crippen molar-refractivity contribution in [1.29, 1.82) is 0 Å². The zero-order chi connectivity index (χ0) is 19.0. The number of hydrogen-bond acceptors (Lipinski definition) is 7. The van der Waals surface area contributed by atoms with E-state index in [1.54, 1.807) is 6.20 Å². The molecule has 9 nitrogen and oxygen atoms in total. The minimum atomic E-state index is -3.73. The molecule has 142 valence electrons. The van der Waals surface area contributed by atoms with Crippen LogP contribution < -0.4 is 10.5 Å². The highest BCUT2D eigenvalue weighted by molar-refractivity contribution is 7.89. The third-order valence-corrected chi connectivity index (χ3v) is 6.43. The van der Waals surface area contributed by atoms with Crippen molar-refractivity contribution in [3.8, 4) is 5.88 Å². The van der Waals surface area contributed by atoms with Crippen LogP contribution in [0.1, 0.15) is 12.8 Å². The standard InChI is InChI=1S/C17H18N4O5S/c1-20-14-9-13(4-5-15(14)26-17(20)22)27(23,24)21-8-2-3-12(11-21)25-16-10-18-6-7-19-16/h4-7,9-10,12H,2-3,8,11H2,1H3/t12-/m0/s1. The van der Waals surface area contributed by atoms with Gasteiger partial charge in [-0.05, 0) is 31.0 Å². The van der Waals surface area contributed by atoms with Crippen molar-refractivity contribution in [2.45, 2.75) is 23.8 Å². The van der Waals surface area contributed by atoms with E-state index in [0.29, 0.717) is 29.9 Å². The van der Waals surface area contributed by atoms with Crippen LogP contribution in [0.3, 0.4) is 0 Å². The van der Waals surface area contributed by atoms with Crippen LogP contribution in [-0.2, 0) is 17.1 Å². The quantitative estimate of drug-likeness (QED) is 0.658. The first kappa shape index (κ1) is 17.7. The topological polar surface area (TPSA) is 108 Å². The van der Waals surface area contributed by atoms with Gasteiger partial charge in [-0.3, -0.25) is 9.55 Å². The largest absolute Gasteiger partial charge is 0.472 e. The van der Waals surface area contributed by atoms with E-state index in [9.17, 15) is 13.2 Å². The molecule has 1 saturated heterocycles. The summed E-state index contributed by atoms with van der Waals surface area (Å²) < 4.78 is 39.7. The molecule has 0 N–H and O–H groups in total. The number of oxazole rings is 1. The number of rotatable bonds is 4. The molecule has 0 amide bonds. The molecular weight excluding hydrogens is 372 g/mol. The van der Waals surface area contributed by atoms with Gasteiger partial charge in [-0.25, -0.2) is 18.2 Å². The number of benzene rings is 1. The molecule has 10 heteroatoms. The van der Waals surface area contributed by atoms with Crippen molar-refractivity contribution in [2.24, 2.45) is 7.05 Å². The molecule has 1 atom stereocenters. The first-order chi connectivity index (χ1) is 12.9. The molecule has 2 aromatic heterocycles. The van der Waals surface area contributed by atoms with E-state index in [4.69, 9.17) is 9.15 Å². The Morgan fingerprint density at radius 2 is 2.15 bits per heavy atom. The highest BCUT2D eigenvalue weighted by Crippen LogP contribution is 2.25. The lowest BCUT2D eigenvalue weighted by Crippen LogP contribution is -2.44. The molecule has 1 fully saturated rings. The number of sulfonamides is 1. The lowest BCUT2D eigenvalue weighted by atomic mass is 10.1. The molecule has 0 radical (unpaired) electrons. The number of aromatic nitrogens is 3. The molecule has 1 aliphatic rings. The van der Waals surface area contributed by atoms with Gasteiger partial charge in [0.2, 0.25) is 15.9 Å². The van der Waals surface area contributed by atoms with Gasteiger partial charge in [-0.15, -0.1) is 0 Å². The first-order valence-electron chi connectivity index (χ1n) is 8.47. The number of nitrogens with zero attached hydrogens (tertiary/aromatic N) is 4. The van der Waals surface area contributed by atoms with Crippen molar-refractivity contribution in [3.63, 3.8) is 0 Å². The van der Waals surface area contributed by atoms with Gasteiger partial charge < -0.3 is 9.15 Å². The fourth-order valence-electron chi connectivity index (χ4n) is 3.15. The molecule has 0 saturated carbocycles. The molecule has 0 spiro atoms. The van der Waals surface area contributed by atoms with E-state index in [-0.39, 0.29) is 17.5 Å². The molecule has 3 heterocycles. The van der Waals surface area contributed by atoms with Crippen LogP contribution in [0.25, 0.3) is 11.1 Å². The predicted molar refractivity (Wildman–Crippen MR) is 95.9 cm³/mol.